The summed E-state index contributed by atoms with van der Waals surface area (Å²) in [7, 11) is -3.52. The van der Waals surface area contributed by atoms with Crippen LogP contribution in [0, 0.1) is 0 Å². The van der Waals surface area contributed by atoms with Gasteiger partial charge in [0.1, 0.15) is 4.90 Å². The van der Waals surface area contributed by atoms with Crippen LogP contribution in [-0.4, -0.2) is 50.0 Å². The summed E-state index contributed by atoms with van der Waals surface area (Å²) in [6.07, 6.45) is 6.68. The van der Waals surface area contributed by atoms with Crippen molar-refractivity contribution >= 4 is 10.0 Å². The van der Waals surface area contributed by atoms with Gasteiger partial charge >= 0.3 is 0 Å². The molecule has 22 heavy (non-hydrogen) atoms. The summed E-state index contributed by atoms with van der Waals surface area (Å²) in [5.41, 5.74) is 0. The van der Waals surface area contributed by atoms with E-state index in [0.29, 0.717) is 13.2 Å². The van der Waals surface area contributed by atoms with Gasteiger partial charge in [-0.1, -0.05) is 0 Å². The molecule has 124 valence electrons. The molecule has 3 heterocycles. The highest BCUT2D eigenvalue weighted by Gasteiger charge is 2.28. The molecule has 1 aromatic rings. The summed E-state index contributed by atoms with van der Waals surface area (Å²) in [5, 5.41) is 7.55. The van der Waals surface area contributed by atoms with Crippen molar-refractivity contribution in [3.8, 4) is 0 Å². The Morgan fingerprint density at radius 2 is 2.14 bits per heavy atom. The van der Waals surface area contributed by atoms with Gasteiger partial charge in [0, 0.05) is 31.5 Å². The molecule has 2 fully saturated rings. The molecule has 0 radical (unpaired) electrons. The van der Waals surface area contributed by atoms with Crippen molar-refractivity contribution in [2.45, 2.75) is 55.6 Å². The lowest BCUT2D eigenvalue weighted by atomic mass is 10.0. The highest BCUT2D eigenvalue weighted by Crippen LogP contribution is 2.22. The zero-order valence-corrected chi connectivity index (χ0v) is 13.7. The molecule has 0 aromatic carbocycles. The van der Waals surface area contributed by atoms with E-state index in [-0.39, 0.29) is 23.0 Å². The van der Waals surface area contributed by atoms with E-state index in [1.54, 1.807) is 10.9 Å². The van der Waals surface area contributed by atoms with Crippen LogP contribution in [0.4, 0.5) is 0 Å². The number of rotatable bonds is 4. The fourth-order valence-electron chi connectivity index (χ4n) is 3.08. The molecule has 7 nitrogen and oxygen atoms in total. The zero-order valence-electron chi connectivity index (χ0n) is 12.9. The Bertz CT molecular complexity index is 595. The highest BCUT2D eigenvalue weighted by atomic mass is 32.2. The maximum absolute atomic E-state index is 12.5. The SMILES string of the molecule is CC1NCCCC1NS(=O)(=O)c1cnn(C2CCOCC2)c1. The quantitative estimate of drug-likeness (QED) is 0.848. The Kier molecular flexibility index (Phi) is 4.82. The van der Waals surface area contributed by atoms with Gasteiger partial charge in [0.05, 0.1) is 12.2 Å². The topological polar surface area (TPSA) is 85.3 Å². The number of piperidine rings is 1. The Balaban J connectivity index is 1.70. The van der Waals surface area contributed by atoms with E-state index in [1.807, 2.05) is 6.92 Å². The first-order valence-electron chi connectivity index (χ1n) is 7.94. The lowest BCUT2D eigenvalue weighted by molar-refractivity contribution is 0.0662. The average Bonchev–Trinajstić information content (AvgIpc) is 3.01. The number of ether oxygens (including phenoxy) is 1. The van der Waals surface area contributed by atoms with E-state index in [0.717, 1.165) is 32.2 Å². The van der Waals surface area contributed by atoms with Gasteiger partial charge in [-0.15, -0.1) is 0 Å². The molecule has 0 saturated carbocycles. The predicted molar refractivity (Wildman–Crippen MR) is 82.1 cm³/mol. The molecule has 0 aliphatic carbocycles. The summed E-state index contributed by atoms with van der Waals surface area (Å²) in [5.74, 6) is 0. The van der Waals surface area contributed by atoms with Gasteiger partial charge in [-0.2, -0.15) is 5.10 Å². The molecule has 2 aliphatic rings. The number of hydrogen-bond acceptors (Lipinski definition) is 5. The molecular formula is C14H24N4O3S. The van der Waals surface area contributed by atoms with Crippen molar-refractivity contribution in [1.82, 2.24) is 19.8 Å². The van der Waals surface area contributed by atoms with Gasteiger partial charge in [-0.25, -0.2) is 13.1 Å². The smallest absolute Gasteiger partial charge is 0.243 e. The Labute approximate surface area is 131 Å². The second-order valence-electron chi connectivity index (χ2n) is 6.11. The van der Waals surface area contributed by atoms with E-state index >= 15 is 0 Å². The molecule has 8 heteroatoms. The van der Waals surface area contributed by atoms with Crippen LogP contribution in [0.3, 0.4) is 0 Å². The molecule has 2 aliphatic heterocycles. The zero-order chi connectivity index (χ0) is 15.6. The van der Waals surface area contributed by atoms with Crippen molar-refractivity contribution in [2.75, 3.05) is 19.8 Å². The third-order valence-electron chi connectivity index (χ3n) is 4.52. The van der Waals surface area contributed by atoms with Gasteiger partial charge < -0.3 is 10.1 Å². The summed E-state index contributed by atoms with van der Waals surface area (Å²) < 4.78 is 35.0. The van der Waals surface area contributed by atoms with Crippen LogP contribution in [0.5, 0.6) is 0 Å². The molecule has 0 amide bonds. The van der Waals surface area contributed by atoms with Gasteiger partial charge in [-0.05, 0) is 39.2 Å². The normalized spacial score (nSPS) is 27.9. The van der Waals surface area contributed by atoms with E-state index in [4.69, 9.17) is 4.74 Å². The van der Waals surface area contributed by atoms with E-state index in [2.05, 4.69) is 15.1 Å². The van der Waals surface area contributed by atoms with Gasteiger partial charge in [0.25, 0.3) is 0 Å². The van der Waals surface area contributed by atoms with E-state index < -0.39 is 10.0 Å². The standard InChI is InChI=1S/C14H24N4O3S/c1-11-14(3-2-6-15-11)17-22(19,20)13-9-16-18(10-13)12-4-7-21-8-5-12/h9-12,14-15,17H,2-8H2,1H3. The lowest BCUT2D eigenvalue weighted by Crippen LogP contribution is -2.51. The molecule has 0 spiro atoms. The van der Waals surface area contributed by atoms with Crippen LogP contribution < -0.4 is 10.0 Å². The van der Waals surface area contributed by atoms with Crippen molar-refractivity contribution in [3.63, 3.8) is 0 Å². The Morgan fingerprint density at radius 1 is 1.36 bits per heavy atom. The Hall–Kier alpha value is -0.960. The van der Waals surface area contributed by atoms with Crippen LogP contribution in [0.2, 0.25) is 0 Å². The highest BCUT2D eigenvalue weighted by molar-refractivity contribution is 7.89. The van der Waals surface area contributed by atoms with Crippen LogP contribution in [0.1, 0.15) is 38.6 Å². The molecule has 2 saturated heterocycles. The number of nitrogens with zero attached hydrogens (tertiary/aromatic N) is 2. The third-order valence-corrected chi connectivity index (χ3v) is 5.97. The monoisotopic (exact) mass is 328 g/mol. The van der Waals surface area contributed by atoms with Crippen LogP contribution in [0.25, 0.3) is 0 Å². The average molecular weight is 328 g/mol. The maximum Gasteiger partial charge on any atom is 0.243 e. The first-order valence-corrected chi connectivity index (χ1v) is 9.42. The molecule has 2 N–H and O–H groups in total. The summed E-state index contributed by atoms with van der Waals surface area (Å²) in [6, 6.07) is 0.312. The predicted octanol–water partition coefficient (Wildman–Crippen LogP) is 0.653. The number of sulfonamides is 1. The first kappa shape index (κ1) is 15.9. The number of nitrogens with one attached hydrogen (secondary N) is 2. The number of hydrogen-bond donors (Lipinski definition) is 2. The van der Waals surface area contributed by atoms with Crippen molar-refractivity contribution in [2.24, 2.45) is 0 Å². The largest absolute Gasteiger partial charge is 0.381 e. The fourth-order valence-corrected chi connectivity index (χ4v) is 4.37. The van der Waals surface area contributed by atoms with Gasteiger partial charge in [0.2, 0.25) is 10.0 Å². The molecule has 0 bridgehead atoms. The summed E-state index contributed by atoms with van der Waals surface area (Å²) in [4.78, 5) is 0.247. The molecule has 3 rings (SSSR count). The van der Waals surface area contributed by atoms with Crippen LogP contribution in [0.15, 0.2) is 17.3 Å². The van der Waals surface area contributed by atoms with Crippen LogP contribution in [-0.2, 0) is 14.8 Å². The molecule has 2 unspecified atom stereocenters. The second-order valence-corrected chi connectivity index (χ2v) is 7.83. The van der Waals surface area contributed by atoms with Crippen molar-refractivity contribution < 1.29 is 13.2 Å². The fraction of sp³-hybridized carbons (Fsp3) is 0.786. The maximum atomic E-state index is 12.5. The summed E-state index contributed by atoms with van der Waals surface area (Å²) in [6.45, 7) is 4.37. The second kappa shape index (κ2) is 6.66. The van der Waals surface area contributed by atoms with Crippen LogP contribution >= 0.6 is 0 Å². The van der Waals surface area contributed by atoms with E-state index in [9.17, 15) is 8.42 Å². The number of aromatic nitrogens is 2. The summed E-state index contributed by atoms with van der Waals surface area (Å²) >= 11 is 0. The van der Waals surface area contributed by atoms with Gasteiger partial charge in [0.15, 0.2) is 0 Å². The molecule has 1 aromatic heterocycles. The lowest BCUT2D eigenvalue weighted by Gasteiger charge is -2.30. The minimum atomic E-state index is -3.52. The minimum Gasteiger partial charge on any atom is -0.381 e. The molecule has 2 atom stereocenters. The molecular weight excluding hydrogens is 304 g/mol. The third kappa shape index (κ3) is 3.51. The van der Waals surface area contributed by atoms with E-state index in [1.165, 1.54) is 6.20 Å². The Morgan fingerprint density at radius 3 is 2.86 bits per heavy atom. The van der Waals surface area contributed by atoms with Crippen molar-refractivity contribution in [1.29, 1.82) is 0 Å². The van der Waals surface area contributed by atoms with Crippen molar-refractivity contribution in [3.05, 3.63) is 12.4 Å². The minimum absolute atomic E-state index is 0.0646. The first-order chi connectivity index (χ1) is 10.6. The van der Waals surface area contributed by atoms with Gasteiger partial charge in [-0.3, -0.25) is 4.68 Å².